The molecule has 11 nitrogen and oxygen atoms in total. The van der Waals surface area contributed by atoms with Gasteiger partial charge >= 0.3 is 5.97 Å². The van der Waals surface area contributed by atoms with Gasteiger partial charge in [0.25, 0.3) is 0 Å². The molecule has 0 saturated carbocycles. The maximum absolute atomic E-state index is 13.5. The predicted molar refractivity (Wildman–Crippen MR) is 356 cm³/mol. The van der Waals surface area contributed by atoms with Crippen LogP contribution in [0.25, 0.3) is 0 Å². The van der Waals surface area contributed by atoms with Crippen LogP contribution in [0.2, 0.25) is 0 Å². The Bertz CT molecular complexity index is 1800. The van der Waals surface area contributed by atoms with E-state index >= 15 is 0 Å². The normalized spacial score (nSPS) is 19.1. The standard InChI is InChI=1S/C74H127NO10/c1-4-7-10-13-16-19-22-25-27-29-30-31-32-33-34-35-36-37-39-40-43-46-49-52-55-58-61-67(78)73(82)75-65(66(77)60-57-54-51-48-45-42-24-21-18-15-12-9-6-3)64-83-74-72(71(81)70(80)68(63-76)84-74)85-69(79)62-59-56-53-50-47-44-41-38-28-26-23-20-17-14-11-8-5-2/h8,11,16-17,19-20,25-28,30-31,41,44,50,53,57,60,65-68,70-72,74,76-78,80-81H,4-7,9-10,12-15,18,21-24,29,32-40,42-43,45-49,51-52,54-56,58-59,61-64H2,1-3H3,(H,75,82)/b11-8-,19-16-,20-17-,27-25-,28-26-,31-30-,44-41-,53-50-,60-57+. The second kappa shape index (κ2) is 60.6. The minimum Gasteiger partial charge on any atom is -0.454 e. The number of esters is 1. The van der Waals surface area contributed by atoms with E-state index in [0.717, 1.165) is 83.5 Å². The van der Waals surface area contributed by atoms with Crippen LogP contribution in [0, 0.1) is 0 Å². The molecule has 85 heavy (non-hydrogen) atoms. The molecular weight excluding hydrogens is 1060 g/mol. The van der Waals surface area contributed by atoms with Gasteiger partial charge in [-0.15, -0.1) is 0 Å². The molecule has 1 rings (SSSR count). The van der Waals surface area contributed by atoms with E-state index in [2.05, 4.69) is 111 Å². The highest BCUT2D eigenvalue weighted by atomic mass is 16.7. The Morgan fingerprint density at radius 3 is 1.29 bits per heavy atom. The van der Waals surface area contributed by atoms with Crippen LogP contribution in [0.3, 0.4) is 0 Å². The molecule has 1 fully saturated rings. The van der Waals surface area contributed by atoms with Crippen LogP contribution < -0.4 is 5.32 Å². The Balaban J connectivity index is 2.62. The van der Waals surface area contributed by atoms with Crippen molar-refractivity contribution in [3.8, 4) is 0 Å². The number of nitrogens with one attached hydrogen (secondary N) is 1. The zero-order chi connectivity index (χ0) is 61.7. The number of aliphatic hydroxyl groups is 5. The number of aliphatic hydroxyl groups excluding tert-OH is 5. The van der Waals surface area contributed by atoms with E-state index < -0.39 is 67.4 Å². The number of unbranched alkanes of at least 4 members (excludes halogenated alkanes) is 28. The number of hydrogen-bond donors (Lipinski definition) is 6. The fourth-order valence-electron chi connectivity index (χ4n) is 10.2. The van der Waals surface area contributed by atoms with E-state index in [1.807, 2.05) is 18.2 Å². The van der Waals surface area contributed by atoms with Crippen LogP contribution in [-0.4, -0.2) is 99.6 Å². The number of carbonyl (C=O) groups excluding carboxylic acids is 2. The molecule has 1 aliphatic rings. The summed E-state index contributed by atoms with van der Waals surface area (Å²) >= 11 is 0. The van der Waals surface area contributed by atoms with Crippen LogP contribution >= 0.6 is 0 Å². The number of carbonyl (C=O) groups is 2. The lowest BCUT2D eigenvalue weighted by Gasteiger charge is -2.41. The zero-order valence-corrected chi connectivity index (χ0v) is 54.2. The summed E-state index contributed by atoms with van der Waals surface area (Å²) < 4.78 is 17.6. The summed E-state index contributed by atoms with van der Waals surface area (Å²) in [7, 11) is 0. The third-order valence-corrected chi connectivity index (χ3v) is 15.7. The highest BCUT2D eigenvalue weighted by Gasteiger charge is 2.47. The Morgan fingerprint density at radius 2 is 0.847 bits per heavy atom. The van der Waals surface area contributed by atoms with Crippen molar-refractivity contribution in [2.24, 2.45) is 0 Å². The van der Waals surface area contributed by atoms with Crippen molar-refractivity contribution >= 4 is 11.9 Å². The number of allylic oxidation sites excluding steroid dienone is 17. The monoisotopic (exact) mass is 1190 g/mol. The quantitative estimate of drug-likeness (QED) is 0.0195. The van der Waals surface area contributed by atoms with Crippen molar-refractivity contribution in [2.45, 2.75) is 333 Å². The molecule has 0 aromatic rings. The van der Waals surface area contributed by atoms with Crippen molar-refractivity contribution in [3.63, 3.8) is 0 Å². The average Bonchev–Trinajstić information content (AvgIpc) is 3.16. The largest absolute Gasteiger partial charge is 0.454 e. The molecule has 0 aromatic carbocycles. The van der Waals surface area contributed by atoms with E-state index in [0.29, 0.717) is 19.3 Å². The second-order valence-electron chi connectivity index (χ2n) is 23.5. The molecule has 0 bridgehead atoms. The van der Waals surface area contributed by atoms with Crippen LogP contribution in [-0.2, 0) is 23.8 Å². The van der Waals surface area contributed by atoms with Crippen LogP contribution in [0.1, 0.15) is 284 Å². The molecule has 6 N–H and O–H groups in total. The first-order valence-electron chi connectivity index (χ1n) is 34.7. The van der Waals surface area contributed by atoms with Gasteiger partial charge in [0.15, 0.2) is 12.4 Å². The molecule has 0 aromatic heterocycles. The number of amides is 1. The van der Waals surface area contributed by atoms with Crippen LogP contribution in [0.15, 0.2) is 109 Å². The number of hydrogen-bond acceptors (Lipinski definition) is 10. The van der Waals surface area contributed by atoms with Gasteiger partial charge in [0, 0.05) is 6.42 Å². The highest BCUT2D eigenvalue weighted by Crippen LogP contribution is 2.26. The summed E-state index contributed by atoms with van der Waals surface area (Å²) in [6.07, 6.45) is 72.8. The summed E-state index contributed by atoms with van der Waals surface area (Å²) in [6, 6.07) is -1.04. The molecule has 1 aliphatic heterocycles. The minimum absolute atomic E-state index is 0.0410. The number of ether oxygens (including phenoxy) is 3. The van der Waals surface area contributed by atoms with Crippen molar-refractivity contribution in [1.82, 2.24) is 5.32 Å². The van der Waals surface area contributed by atoms with Gasteiger partial charge in [0.1, 0.15) is 24.4 Å². The van der Waals surface area contributed by atoms with E-state index in [4.69, 9.17) is 14.2 Å². The summed E-state index contributed by atoms with van der Waals surface area (Å²) in [4.78, 5) is 26.6. The van der Waals surface area contributed by atoms with Crippen molar-refractivity contribution in [1.29, 1.82) is 0 Å². The SMILES string of the molecule is CC/C=C\C/C=C\C/C=C\C/C=C\C/C=C\CCCC(=O)OC1C(OCC(NC(=O)C(O)CCCCCCCCCCCCCCC/C=C\C/C=C\C/C=C\CCCCC)C(O)/C=C/CCCCCCCCCCCCC)OC(CO)C(O)C1O. The van der Waals surface area contributed by atoms with Crippen LogP contribution in [0.4, 0.5) is 0 Å². The van der Waals surface area contributed by atoms with Crippen molar-refractivity contribution < 1.29 is 49.3 Å². The summed E-state index contributed by atoms with van der Waals surface area (Å²) in [6.45, 7) is 5.63. The topological polar surface area (TPSA) is 175 Å². The molecule has 0 aliphatic carbocycles. The lowest BCUT2D eigenvalue weighted by molar-refractivity contribution is -0.305. The minimum atomic E-state index is -1.64. The van der Waals surface area contributed by atoms with Gasteiger partial charge in [-0.3, -0.25) is 9.59 Å². The van der Waals surface area contributed by atoms with Crippen molar-refractivity contribution in [3.05, 3.63) is 109 Å². The first-order chi connectivity index (χ1) is 41.7. The molecule has 1 saturated heterocycles. The Kier molecular flexibility index (Phi) is 56.6. The van der Waals surface area contributed by atoms with E-state index in [1.165, 1.54) is 148 Å². The molecule has 0 radical (unpaired) electrons. The van der Waals surface area contributed by atoms with Gasteiger partial charge in [0.05, 0.1) is 25.4 Å². The highest BCUT2D eigenvalue weighted by molar-refractivity contribution is 5.80. The van der Waals surface area contributed by atoms with Gasteiger partial charge in [0.2, 0.25) is 5.91 Å². The maximum Gasteiger partial charge on any atom is 0.306 e. The summed E-state index contributed by atoms with van der Waals surface area (Å²) in [5.74, 6) is -1.26. The zero-order valence-electron chi connectivity index (χ0n) is 54.2. The molecule has 0 spiro atoms. The summed E-state index contributed by atoms with van der Waals surface area (Å²) in [5, 5.41) is 57.2. The lowest BCUT2D eigenvalue weighted by Crippen LogP contribution is -2.61. The smallest absolute Gasteiger partial charge is 0.306 e. The van der Waals surface area contributed by atoms with E-state index in [-0.39, 0.29) is 19.4 Å². The summed E-state index contributed by atoms with van der Waals surface area (Å²) in [5.41, 5.74) is 0. The molecule has 1 amide bonds. The fourth-order valence-corrected chi connectivity index (χ4v) is 10.2. The molecule has 8 unspecified atom stereocenters. The van der Waals surface area contributed by atoms with E-state index in [9.17, 15) is 35.1 Å². The van der Waals surface area contributed by atoms with Gasteiger partial charge in [-0.25, -0.2) is 0 Å². The average molecular weight is 1190 g/mol. The molecule has 1 heterocycles. The maximum atomic E-state index is 13.5. The Morgan fingerprint density at radius 1 is 0.471 bits per heavy atom. The van der Waals surface area contributed by atoms with Crippen molar-refractivity contribution in [2.75, 3.05) is 13.2 Å². The van der Waals surface area contributed by atoms with Gasteiger partial charge < -0.3 is 45.1 Å². The third kappa shape index (κ3) is 48.0. The molecular formula is C74H127NO10. The van der Waals surface area contributed by atoms with E-state index in [1.54, 1.807) is 6.08 Å². The third-order valence-electron chi connectivity index (χ3n) is 15.7. The Hall–Kier alpha value is -3.68. The molecule has 488 valence electrons. The fraction of sp³-hybridized carbons (Fsp3) is 0.730. The molecule has 8 atom stereocenters. The van der Waals surface area contributed by atoms with Gasteiger partial charge in [-0.05, 0) is 103 Å². The number of rotatable bonds is 58. The molecule has 11 heteroatoms. The second-order valence-corrected chi connectivity index (χ2v) is 23.5. The first kappa shape index (κ1) is 79.3. The predicted octanol–water partition coefficient (Wildman–Crippen LogP) is 17.6. The van der Waals surface area contributed by atoms with Gasteiger partial charge in [-0.1, -0.05) is 284 Å². The first-order valence-corrected chi connectivity index (χ1v) is 34.7. The van der Waals surface area contributed by atoms with Gasteiger partial charge in [-0.2, -0.15) is 0 Å². The Labute approximate surface area is 519 Å². The van der Waals surface area contributed by atoms with Crippen LogP contribution in [0.5, 0.6) is 0 Å². The lowest BCUT2D eigenvalue weighted by atomic mass is 9.99.